The molecular formula is C15H17ClN2OS. The molecule has 0 fully saturated rings. The van der Waals surface area contributed by atoms with Crippen LogP contribution in [0.1, 0.15) is 27.0 Å². The highest BCUT2D eigenvalue weighted by molar-refractivity contribution is 7.12. The topological polar surface area (TPSA) is 41.1 Å². The van der Waals surface area contributed by atoms with Crippen molar-refractivity contribution in [2.45, 2.75) is 19.9 Å². The van der Waals surface area contributed by atoms with E-state index in [9.17, 15) is 4.79 Å². The second-order valence-corrected chi connectivity index (χ2v) is 6.01. The van der Waals surface area contributed by atoms with Crippen molar-refractivity contribution < 1.29 is 4.79 Å². The van der Waals surface area contributed by atoms with Crippen LogP contribution in [0.2, 0.25) is 5.02 Å². The van der Waals surface area contributed by atoms with Crippen LogP contribution in [0.15, 0.2) is 30.3 Å². The van der Waals surface area contributed by atoms with Gasteiger partial charge in [0.1, 0.15) is 0 Å². The lowest BCUT2D eigenvalue weighted by Gasteiger charge is -2.08. The van der Waals surface area contributed by atoms with Crippen molar-refractivity contribution in [3.8, 4) is 0 Å². The van der Waals surface area contributed by atoms with Crippen LogP contribution >= 0.6 is 22.9 Å². The molecule has 0 saturated heterocycles. The highest BCUT2D eigenvalue weighted by Gasteiger charge is 2.09. The summed E-state index contributed by atoms with van der Waals surface area (Å²) in [6.07, 6.45) is 1.06. The van der Waals surface area contributed by atoms with Gasteiger partial charge in [-0.15, -0.1) is 11.3 Å². The van der Waals surface area contributed by atoms with E-state index in [-0.39, 0.29) is 5.91 Å². The Kier molecular flexibility index (Phi) is 5.04. The molecule has 1 aromatic carbocycles. The van der Waals surface area contributed by atoms with E-state index < -0.39 is 0 Å². The lowest BCUT2D eigenvalue weighted by atomic mass is 10.2. The van der Waals surface area contributed by atoms with Gasteiger partial charge in [0.2, 0.25) is 0 Å². The largest absolute Gasteiger partial charge is 0.380 e. The highest BCUT2D eigenvalue weighted by atomic mass is 35.5. The van der Waals surface area contributed by atoms with E-state index in [1.165, 1.54) is 9.75 Å². The minimum atomic E-state index is -0.178. The number of halogens is 1. The van der Waals surface area contributed by atoms with Gasteiger partial charge in [0.05, 0.1) is 10.6 Å². The van der Waals surface area contributed by atoms with Crippen molar-refractivity contribution in [1.29, 1.82) is 0 Å². The summed E-state index contributed by atoms with van der Waals surface area (Å²) in [6, 6.07) is 9.67. The molecule has 0 radical (unpaired) electrons. The van der Waals surface area contributed by atoms with E-state index in [0.29, 0.717) is 10.6 Å². The number of nitrogens with one attached hydrogen (secondary N) is 2. The fourth-order valence-corrected chi connectivity index (χ4v) is 2.94. The lowest BCUT2D eigenvalue weighted by Crippen LogP contribution is -2.18. The number of carbonyl (C=O) groups is 1. The number of hydrogen-bond acceptors (Lipinski definition) is 3. The average molecular weight is 309 g/mol. The zero-order chi connectivity index (χ0) is 14.5. The van der Waals surface area contributed by atoms with Gasteiger partial charge >= 0.3 is 0 Å². The van der Waals surface area contributed by atoms with Crippen LogP contribution < -0.4 is 10.6 Å². The van der Waals surface area contributed by atoms with Gasteiger partial charge in [-0.25, -0.2) is 0 Å². The molecule has 0 atom stereocenters. The highest BCUT2D eigenvalue weighted by Crippen LogP contribution is 2.22. The molecule has 20 heavy (non-hydrogen) atoms. The van der Waals surface area contributed by atoms with Gasteiger partial charge in [0.15, 0.2) is 0 Å². The number of amides is 1. The third-order valence-corrected chi connectivity index (χ3v) is 4.53. The molecular weight excluding hydrogens is 292 g/mol. The van der Waals surface area contributed by atoms with Crippen molar-refractivity contribution in [2.24, 2.45) is 0 Å². The predicted molar refractivity (Wildman–Crippen MR) is 85.9 cm³/mol. The molecule has 2 aromatic rings. The fourth-order valence-electron chi connectivity index (χ4n) is 1.84. The first-order chi connectivity index (χ1) is 9.63. The Bertz CT molecular complexity index is 610. The first-order valence-corrected chi connectivity index (χ1v) is 7.66. The Hall–Kier alpha value is -1.52. The van der Waals surface area contributed by atoms with E-state index in [1.807, 2.05) is 6.07 Å². The van der Waals surface area contributed by atoms with E-state index >= 15 is 0 Å². The molecule has 106 valence electrons. The molecule has 5 heteroatoms. The van der Waals surface area contributed by atoms with Crippen molar-refractivity contribution in [3.05, 3.63) is 50.7 Å². The van der Waals surface area contributed by atoms with Crippen molar-refractivity contribution in [1.82, 2.24) is 5.32 Å². The molecule has 0 unspecified atom stereocenters. The van der Waals surface area contributed by atoms with Crippen LogP contribution in [-0.4, -0.2) is 13.0 Å². The van der Waals surface area contributed by atoms with Crippen molar-refractivity contribution in [2.75, 3.05) is 12.4 Å². The van der Waals surface area contributed by atoms with Crippen LogP contribution in [0.3, 0.4) is 0 Å². The fraction of sp³-hybridized carbons (Fsp3) is 0.267. The number of benzene rings is 1. The quantitative estimate of drug-likeness (QED) is 0.878. The van der Waals surface area contributed by atoms with Crippen LogP contribution in [0, 0.1) is 0 Å². The van der Waals surface area contributed by atoms with Gasteiger partial charge in [-0.05, 0) is 36.8 Å². The van der Waals surface area contributed by atoms with Crippen LogP contribution in [-0.2, 0) is 13.0 Å². The second-order valence-electron chi connectivity index (χ2n) is 4.35. The molecule has 1 aromatic heterocycles. The standard InChI is InChI=1S/C15H17ClN2OS/c1-3-11-5-6-12(20-11)9-18-10-4-7-14(16)13(8-10)15(19)17-2/h4-8,18H,3,9H2,1-2H3,(H,17,19). The molecule has 2 rings (SSSR count). The molecule has 0 saturated carbocycles. The molecule has 0 bridgehead atoms. The molecule has 1 heterocycles. The Morgan fingerprint density at radius 1 is 1.25 bits per heavy atom. The summed E-state index contributed by atoms with van der Waals surface area (Å²) in [7, 11) is 1.59. The van der Waals surface area contributed by atoms with E-state index in [2.05, 4.69) is 29.7 Å². The summed E-state index contributed by atoms with van der Waals surface area (Å²) >= 11 is 7.83. The maximum absolute atomic E-state index is 11.7. The van der Waals surface area contributed by atoms with E-state index in [4.69, 9.17) is 11.6 Å². The molecule has 3 nitrogen and oxygen atoms in total. The smallest absolute Gasteiger partial charge is 0.252 e. The number of thiophene rings is 1. The molecule has 0 aliphatic heterocycles. The van der Waals surface area contributed by atoms with Crippen LogP contribution in [0.5, 0.6) is 0 Å². The van der Waals surface area contributed by atoms with Gasteiger partial charge in [-0.1, -0.05) is 18.5 Å². The number of rotatable bonds is 5. The molecule has 0 aliphatic carbocycles. The van der Waals surface area contributed by atoms with Gasteiger partial charge < -0.3 is 10.6 Å². The first kappa shape index (κ1) is 14.9. The first-order valence-electron chi connectivity index (χ1n) is 6.47. The third-order valence-electron chi connectivity index (χ3n) is 2.97. The Balaban J connectivity index is 2.08. The number of hydrogen-bond donors (Lipinski definition) is 2. The minimum absolute atomic E-state index is 0.178. The molecule has 0 aliphatic rings. The Morgan fingerprint density at radius 2 is 2.00 bits per heavy atom. The van der Waals surface area contributed by atoms with E-state index in [1.54, 1.807) is 30.5 Å². The molecule has 0 spiro atoms. The number of carbonyl (C=O) groups excluding carboxylic acids is 1. The van der Waals surface area contributed by atoms with Gasteiger partial charge in [0, 0.05) is 29.0 Å². The van der Waals surface area contributed by atoms with E-state index in [0.717, 1.165) is 18.7 Å². The normalized spacial score (nSPS) is 10.3. The zero-order valence-electron chi connectivity index (χ0n) is 11.5. The van der Waals surface area contributed by atoms with Crippen LogP contribution in [0.4, 0.5) is 5.69 Å². The third kappa shape index (κ3) is 3.52. The summed E-state index contributed by atoms with van der Waals surface area (Å²) in [6.45, 7) is 2.90. The minimum Gasteiger partial charge on any atom is -0.380 e. The Labute approximate surface area is 128 Å². The summed E-state index contributed by atoms with van der Waals surface area (Å²) in [5.41, 5.74) is 1.37. The summed E-state index contributed by atoms with van der Waals surface area (Å²) < 4.78 is 0. The number of anilines is 1. The summed E-state index contributed by atoms with van der Waals surface area (Å²) in [5.74, 6) is -0.178. The summed E-state index contributed by atoms with van der Waals surface area (Å²) in [5, 5.41) is 6.36. The average Bonchev–Trinajstić information content (AvgIpc) is 2.93. The lowest BCUT2D eigenvalue weighted by molar-refractivity contribution is 0.0963. The van der Waals surface area contributed by atoms with Gasteiger partial charge in [-0.3, -0.25) is 4.79 Å². The van der Waals surface area contributed by atoms with Crippen LogP contribution in [0.25, 0.3) is 0 Å². The van der Waals surface area contributed by atoms with Gasteiger partial charge in [0.25, 0.3) is 5.91 Å². The second kappa shape index (κ2) is 6.77. The number of aryl methyl sites for hydroxylation is 1. The maximum Gasteiger partial charge on any atom is 0.252 e. The maximum atomic E-state index is 11.7. The predicted octanol–water partition coefficient (Wildman–Crippen LogP) is 3.94. The SMILES string of the molecule is CCc1ccc(CNc2ccc(Cl)c(C(=O)NC)c2)s1. The molecule has 1 amide bonds. The monoisotopic (exact) mass is 308 g/mol. The molecule has 2 N–H and O–H groups in total. The Morgan fingerprint density at radius 3 is 2.65 bits per heavy atom. The zero-order valence-corrected chi connectivity index (χ0v) is 13.1. The van der Waals surface area contributed by atoms with Crippen molar-refractivity contribution >= 4 is 34.5 Å². The van der Waals surface area contributed by atoms with Gasteiger partial charge in [-0.2, -0.15) is 0 Å². The summed E-state index contributed by atoms with van der Waals surface area (Å²) in [4.78, 5) is 14.3. The van der Waals surface area contributed by atoms with Crippen molar-refractivity contribution in [3.63, 3.8) is 0 Å².